The van der Waals surface area contributed by atoms with Gasteiger partial charge in [0.1, 0.15) is 46.5 Å². The van der Waals surface area contributed by atoms with Crippen molar-refractivity contribution in [1.29, 1.82) is 0 Å². The number of ketones is 4. The lowest BCUT2D eigenvalue weighted by atomic mass is 9.49. The van der Waals surface area contributed by atoms with Crippen LogP contribution in [0.15, 0.2) is 50.6 Å². The van der Waals surface area contributed by atoms with Crippen molar-refractivity contribution in [2.45, 2.75) is 346 Å². The second kappa shape index (κ2) is 36.9. The molecule has 12 aliphatic carbocycles. The molecule has 0 radical (unpaired) electrons. The van der Waals surface area contributed by atoms with Gasteiger partial charge in [-0.15, -0.1) is 0 Å². The van der Waals surface area contributed by atoms with Crippen molar-refractivity contribution in [3.63, 3.8) is 0 Å². The Labute approximate surface area is 818 Å². The van der Waals surface area contributed by atoms with Crippen molar-refractivity contribution in [2.24, 2.45) is 73.0 Å². The first kappa shape index (κ1) is 102. The predicted molar refractivity (Wildman–Crippen MR) is 524 cm³/mol. The summed E-state index contributed by atoms with van der Waals surface area (Å²) in [4.78, 5) is 108. The maximum Gasteiger partial charge on any atom is 0.282 e. The van der Waals surface area contributed by atoms with Crippen LogP contribution in [0.25, 0.3) is 9.69 Å². The summed E-state index contributed by atoms with van der Waals surface area (Å²) in [5.41, 5.74) is 12.1. The molecule has 1 saturated heterocycles. The first-order valence-corrected chi connectivity index (χ1v) is 49.2. The average Bonchev–Trinajstić information content (AvgIpc) is 1.67. The van der Waals surface area contributed by atoms with Gasteiger partial charge in [-0.2, -0.15) is 24.9 Å². The number of rotatable bonds is 6. The summed E-state index contributed by atoms with van der Waals surface area (Å²) in [6.07, 6.45) is 21.0. The molecular weight excluding hydrogens is 1740 g/mol. The first-order chi connectivity index (χ1) is 65.3. The quantitative estimate of drug-likeness (QED) is 0.0888. The van der Waals surface area contributed by atoms with Crippen LogP contribution in [0.5, 0.6) is 29.4 Å². The highest BCUT2D eigenvalue weighted by molar-refractivity contribution is 6.03. The van der Waals surface area contributed by atoms with E-state index in [9.17, 15) is 24.3 Å². The van der Waals surface area contributed by atoms with Crippen molar-refractivity contribution in [1.82, 2.24) is 60.3 Å². The van der Waals surface area contributed by atoms with E-state index in [-0.39, 0.29) is 90.3 Å². The van der Waals surface area contributed by atoms with Crippen LogP contribution in [0.3, 0.4) is 0 Å². The number of hydrogen-bond donors (Lipinski definition) is 2. The second-order valence-electron chi connectivity index (χ2n) is 45.7. The van der Waals surface area contributed by atoms with Crippen LogP contribution in [0.1, 0.15) is 321 Å². The van der Waals surface area contributed by atoms with E-state index in [0.717, 1.165) is 195 Å². The topological polar surface area (TPSA) is 350 Å². The van der Waals surface area contributed by atoms with Crippen LogP contribution < -0.4 is 29.0 Å². The Bertz CT molecular complexity index is 6070. The Hall–Kier alpha value is -10.4. The minimum Gasteiger partial charge on any atom is -0.515 e. The number of amidine groups is 1. The zero-order valence-electron chi connectivity index (χ0n) is 88.7. The molecule has 0 amide bonds. The molecule has 1 spiro atoms. The standard InChI is InChI=1S/C19H28N2O3.C18H23N3O2.C18H25N3O2.C18H21N3O2.C18H24N2O3.C17H24N2O2.CH4/c1-12-20-15-13(16(21-12)22-5)6-7-14-17(2,3)19(23-10-11-24-19)9-8-18(14,15)4;1-10-20-14-12(16(21-10)22-5)6-7-13-17(2,3)15-11(9-19-23-15)8-18(13,14)4;2*1-10-20-14-11(16(21-10)23-6)7-8-13-17(2,3)15(22)12(19-5)9-18(13,14)4;1-10-19-14-12(16(20-10)23-5)6-7-13-17(2,3)15(22)11(9-21)8-18(13,14)4;1-10-18-14-11(15(19-10)21-5)6-7-12-16(2,3)13(20)8-9-17(12,14)4;/h14H,6-11H2,1-5H3;9,13H,6-8H2,1-5H3;12-13,16H,7-9H2,1-4,6H3,(H,20,21);9,13H,7-8H2,1-4,6H3;9,13,21H,6-8H2,1-5H3;12H,6-9H2,1-5H3;1H4/b;;;;11-9-;;/t14-,18-;13-,18-;12?,13-,16?,18-;2*13-,18-;12-,17-;/m000000./s1/i;;;;;;1T. The summed E-state index contributed by atoms with van der Waals surface area (Å²) < 4.78 is 56.8. The molecule has 8 heterocycles. The van der Waals surface area contributed by atoms with Gasteiger partial charge in [0.15, 0.2) is 23.6 Å². The van der Waals surface area contributed by atoms with Gasteiger partial charge in [-0.05, 0) is 180 Å². The molecule has 29 nitrogen and oxygen atoms in total. The van der Waals surface area contributed by atoms with Crippen molar-refractivity contribution in [2.75, 3.05) is 55.9 Å². The first-order valence-electron chi connectivity index (χ1n) is 50.2. The SMILES string of the molecule is COc1nc(C)nc2c1CC[C@H]1C(C)(C)C(=O)/C(=C\O)C[C@]21C.COc1nc(C)nc2c1CC[C@H]1C(C)(C)C(=O)CC[C@]21C.COc1nc(C)nc2c1CC[C@H]1C(C)(C)C3(CC[C@]21C)OCCO3.COc1nc(C)nc2c1CC[C@H]1C(C)(C)c3oncc3C[C@]21C.[3H]C.[C-]#[N+]C1=C[C@]2(C)c3nc(C)nc(OC)c3CC[C@H]2C(C)(C)C1=O.[C-]#[N+]C1C[C@]2(C)C3=C(CC[C@H]2C(C)(C)C1=O)C(OC)N=C(C)N3. The molecule has 2 N–H and O–H groups in total. The molecular formula is C109H149N15O14. The van der Waals surface area contributed by atoms with Gasteiger partial charge in [0.25, 0.3) is 6.04 Å². The molecule has 138 heavy (non-hydrogen) atoms. The molecule has 0 bridgehead atoms. The number of carbonyl (C=O) groups is 4. The fourth-order valence-electron chi connectivity index (χ4n) is 29.3. The van der Waals surface area contributed by atoms with E-state index in [1.807, 2.05) is 95.4 Å². The molecule has 6 aromatic heterocycles. The largest absolute Gasteiger partial charge is 0.515 e. The van der Waals surface area contributed by atoms with Crippen molar-refractivity contribution in [3.05, 3.63) is 161 Å². The van der Waals surface area contributed by atoms with E-state index in [2.05, 4.69) is 138 Å². The summed E-state index contributed by atoms with van der Waals surface area (Å²) in [5, 5.41) is 17.1. The second-order valence-corrected chi connectivity index (χ2v) is 45.7. The van der Waals surface area contributed by atoms with E-state index in [1.165, 1.54) is 35.4 Å². The molecule has 14 aliphatic rings. The lowest BCUT2D eigenvalue weighted by Crippen LogP contribution is -2.61. The Balaban J connectivity index is 0.000000133. The zero-order valence-corrected chi connectivity index (χ0v) is 87.7. The van der Waals surface area contributed by atoms with Gasteiger partial charge >= 0.3 is 0 Å². The Kier molecular flexibility index (Phi) is 27.3. The third kappa shape index (κ3) is 16.4. The fourth-order valence-corrected chi connectivity index (χ4v) is 29.3. The van der Waals surface area contributed by atoms with Gasteiger partial charge in [0, 0.05) is 143 Å². The number of ether oxygens (including phenoxy) is 8. The number of nitrogens with zero attached hydrogens (tertiary/aromatic N) is 14. The Morgan fingerprint density at radius 3 is 1.33 bits per heavy atom. The van der Waals surface area contributed by atoms with E-state index in [1.54, 1.807) is 42.7 Å². The third-order valence-corrected chi connectivity index (χ3v) is 35.8. The monoisotopic (exact) mass is 1890 g/mol. The van der Waals surface area contributed by atoms with Crippen LogP contribution >= 0.6 is 0 Å². The average molecular weight is 1900 g/mol. The molecule has 29 heteroatoms. The lowest BCUT2D eigenvalue weighted by Gasteiger charge is -2.59. The summed E-state index contributed by atoms with van der Waals surface area (Å²) in [6, 6.07) is -0.555. The normalized spacial score (nSPS) is 31.4. The molecule has 20 rings (SSSR count). The van der Waals surface area contributed by atoms with E-state index in [0.29, 0.717) is 90.9 Å². The number of hydrogen-bond acceptors (Lipinski definition) is 27. The highest BCUT2D eigenvalue weighted by Gasteiger charge is 2.67. The number of aryl methyl sites for hydroxylation is 5. The van der Waals surface area contributed by atoms with Crippen LogP contribution in [0.2, 0.25) is 0 Å². The maximum absolute atomic E-state index is 12.7. The number of methoxy groups -OCH3 is 6. The molecule has 0 aromatic carbocycles. The summed E-state index contributed by atoms with van der Waals surface area (Å²) >= 11 is 0. The number of nitrogens with one attached hydrogen (secondary N) is 1. The van der Waals surface area contributed by atoms with Gasteiger partial charge in [-0.3, -0.25) is 14.4 Å². The number of aliphatic imine (C=N–C) groups is 1. The number of aromatic nitrogens is 11. The maximum atomic E-state index is 12.7. The van der Waals surface area contributed by atoms with E-state index < -0.39 is 33.5 Å². The third-order valence-electron chi connectivity index (χ3n) is 35.8. The fraction of sp³-hybridized carbons (Fsp3) is 0.670. The predicted octanol–water partition coefficient (Wildman–Crippen LogP) is 19.0. The summed E-state index contributed by atoms with van der Waals surface area (Å²) in [5.74, 6) is 10.8. The highest BCUT2D eigenvalue weighted by Crippen LogP contribution is 2.66. The van der Waals surface area contributed by atoms with Gasteiger partial charge in [-0.25, -0.2) is 41.3 Å². The number of aliphatic hydroxyl groups is 1. The van der Waals surface area contributed by atoms with Crippen molar-refractivity contribution < 1.29 is 68.1 Å². The minimum atomic E-state index is -0.576. The molecule has 2 aliphatic heterocycles. The zero-order chi connectivity index (χ0) is 102. The number of carbonyl (C=O) groups excluding carboxylic acids is 4. The number of aliphatic hydroxyl groups excluding tert-OH is 1. The number of fused-ring (bicyclic) bond motifs is 18. The smallest absolute Gasteiger partial charge is 0.282 e. The van der Waals surface area contributed by atoms with Gasteiger partial charge in [0.2, 0.25) is 40.9 Å². The van der Waals surface area contributed by atoms with E-state index >= 15 is 0 Å². The van der Waals surface area contributed by atoms with Crippen LogP contribution in [0.4, 0.5) is 0 Å². The molecule has 2 unspecified atom stereocenters. The molecule has 744 valence electrons. The number of allylic oxidation sites excluding steroid dienone is 4. The number of Topliss-reactive ketones (excluding diaryl/α,β-unsaturated/α-hetero) is 4. The van der Waals surface area contributed by atoms with Crippen LogP contribution in [-0.2, 0) is 104 Å². The minimum absolute atomic E-state index is 0.0125. The summed E-state index contributed by atoms with van der Waals surface area (Å²) in [7, 11) is 11.2. The lowest BCUT2D eigenvalue weighted by molar-refractivity contribution is -0.276. The molecule has 4 saturated carbocycles. The van der Waals surface area contributed by atoms with Crippen LogP contribution in [-0.4, -0.2) is 163 Å². The molecule has 14 atom stereocenters. The van der Waals surface area contributed by atoms with Crippen molar-refractivity contribution in [3.8, 4) is 29.4 Å². The van der Waals surface area contributed by atoms with Gasteiger partial charge in [0.05, 0.1) is 96.3 Å². The Morgan fingerprint density at radius 1 is 0.471 bits per heavy atom. The van der Waals surface area contributed by atoms with E-state index in [4.69, 9.17) is 76.9 Å². The highest BCUT2D eigenvalue weighted by atomic mass is 16.7. The van der Waals surface area contributed by atoms with Crippen LogP contribution in [0, 0.1) is 116 Å². The summed E-state index contributed by atoms with van der Waals surface area (Å²) in [6.45, 7) is 66.4. The van der Waals surface area contributed by atoms with Crippen molar-refractivity contribution >= 4 is 29.0 Å². The molecule has 5 fully saturated rings. The van der Waals surface area contributed by atoms with Gasteiger partial charge < -0.3 is 62.5 Å². The van der Waals surface area contributed by atoms with Gasteiger partial charge in [-0.1, -0.05) is 143 Å². The Morgan fingerprint density at radius 2 is 0.877 bits per heavy atom. The molecule has 6 aromatic rings.